The van der Waals surface area contributed by atoms with Crippen LogP contribution in [0.4, 0.5) is 4.39 Å². The van der Waals surface area contributed by atoms with Gasteiger partial charge in [0.15, 0.2) is 6.54 Å². The Balaban J connectivity index is 1.98. The number of benzene rings is 1. The molecule has 0 radical (unpaired) electrons. The fraction of sp³-hybridized carbons (Fsp3) is 0.0667. The quantitative estimate of drug-likeness (QED) is 0.643. The summed E-state index contributed by atoms with van der Waals surface area (Å²) in [5.74, 6) is 0.134. The lowest BCUT2D eigenvalue weighted by Crippen LogP contribution is -2.33. The van der Waals surface area contributed by atoms with E-state index in [4.69, 9.17) is 11.6 Å². The van der Waals surface area contributed by atoms with E-state index in [9.17, 15) is 9.18 Å². The van der Waals surface area contributed by atoms with Crippen LogP contribution in [0.3, 0.4) is 0 Å². The van der Waals surface area contributed by atoms with Crippen molar-refractivity contribution in [2.75, 3.05) is 0 Å². The van der Waals surface area contributed by atoms with Gasteiger partial charge in [0.2, 0.25) is 5.82 Å². The van der Waals surface area contributed by atoms with Gasteiger partial charge < -0.3 is 0 Å². The minimum Gasteiger partial charge on any atom is -0.269 e. The van der Waals surface area contributed by atoms with Crippen LogP contribution >= 0.6 is 11.6 Å². The zero-order valence-corrected chi connectivity index (χ0v) is 11.6. The first-order valence-electron chi connectivity index (χ1n) is 6.23. The molecule has 2 aromatic rings. The standard InChI is InChI=1S/C15H10ClFN3O/c16-14(21)12-8-13(15-18-6-3-7-19-15)20(12)9-10-4-1-2-5-11(10)17/h1-8H,9H2/q+1. The molecule has 0 unspecified atom stereocenters. The smallest absolute Gasteiger partial charge is 0.269 e. The topological polar surface area (TPSA) is 45.9 Å². The molecule has 0 amide bonds. The van der Waals surface area contributed by atoms with Gasteiger partial charge in [0.25, 0.3) is 11.4 Å². The molecule has 0 saturated heterocycles. The predicted molar refractivity (Wildman–Crippen MR) is 75.4 cm³/mol. The highest BCUT2D eigenvalue weighted by atomic mass is 35.5. The first kappa shape index (κ1) is 13.6. The minimum atomic E-state index is -0.592. The molecule has 1 aromatic carbocycles. The lowest BCUT2D eigenvalue weighted by atomic mass is 10.1. The van der Waals surface area contributed by atoms with Crippen molar-refractivity contribution in [2.24, 2.45) is 0 Å². The van der Waals surface area contributed by atoms with E-state index in [2.05, 4.69) is 9.97 Å². The zero-order chi connectivity index (χ0) is 14.8. The number of carbonyl (C=O) groups excluding carboxylic acids is 1. The molecule has 3 rings (SSSR count). The van der Waals surface area contributed by atoms with Gasteiger partial charge in [0.05, 0.1) is 11.6 Å². The van der Waals surface area contributed by atoms with Crippen molar-refractivity contribution in [1.82, 2.24) is 9.97 Å². The Morgan fingerprint density at radius 3 is 2.57 bits per heavy atom. The first-order valence-corrected chi connectivity index (χ1v) is 6.61. The van der Waals surface area contributed by atoms with Crippen LogP contribution in [0.1, 0.15) is 11.4 Å². The lowest BCUT2D eigenvalue weighted by molar-refractivity contribution is -0.497. The summed E-state index contributed by atoms with van der Waals surface area (Å²) in [7, 11) is 0. The van der Waals surface area contributed by atoms with Gasteiger partial charge in [-0.1, -0.05) is 12.1 Å². The number of hydrogen-bond donors (Lipinski definition) is 0. The van der Waals surface area contributed by atoms with Crippen molar-refractivity contribution in [1.29, 1.82) is 0 Å². The highest BCUT2D eigenvalue weighted by Gasteiger charge is 2.37. The van der Waals surface area contributed by atoms with Gasteiger partial charge in [-0.05, 0) is 29.8 Å². The Morgan fingerprint density at radius 2 is 1.90 bits per heavy atom. The molecule has 4 nitrogen and oxygen atoms in total. The minimum absolute atomic E-state index is 0.199. The van der Waals surface area contributed by atoms with Gasteiger partial charge >= 0.3 is 5.24 Å². The van der Waals surface area contributed by atoms with E-state index in [0.29, 0.717) is 22.8 Å². The summed E-state index contributed by atoms with van der Waals surface area (Å²) in [6.07, 6.45) is 4.81. The Labute approximate surface area is 125 Å². The van der Waals surface area contributed by atoms with Crippen LogP contribution < -0.4 is 0 Å². The van der Waals surface area contributed by atoms with Gasteiger partial charge in [0.1, 0.15) is 5.82 Å². The second kappa shape index (κ2) is 5.54. The summed E-state index contributed by atoms with van der Waals surface area (Å²) in [6, 6.07) is 8.08. The number of rotatable bonds is 4. The fourth-order valence-corrected chi connectivity index (χ4v) is 2.25. The molecule has 1 aromatic heterocycles. The predicted octanol–water partition coefficient (Wildman–Crippen LogP) is 2.28. The number of halogens is 2. The highest BCUT2D eigenvalue weighted by Crippen LogP contribution is 2.20. The number of nitrogens with zero attached hydrogens (tertiary/aromatic N) is 3. The maximum Gasteiger partial charge on any atom is 0.316 e. The number of aromatic nitrogens is 2. The van der Waals surface area contributed by atoms with Crippen molar-refractivity contribution in [3.8, 4) is 0 Å². The Hall–Kier alpha value is -2.40. The van der Waals surface area contributed by atoms with Crippen molar-refractivity contribution < 1.29 is 13.8 Å². The normalized spacial score (nSPS) is 13.7. The second-order valence-electron chi connectivity index (χ2n) is 4.44. The molecule has 6 heteroatoms. The van der Waals surface area contributed by atoms with E-state index in [-0.39, 0.29) is 12.4 Å². The molecule has 21 heavy (non-hydrogen) atoms. The molecular weight excluding hydrogens is 293 g/mol. The molecule has 2 heterocycles. The summed E-state index contributed by atoms with van der Waals surface area (Å²) in [4.78, 5) is 19.6. The molecule has 0 fully saturated rings. The van der Waals surface area contributed by atoms with Crippen LogP contribution in [0.15, 0.2) is 54.5 Å². The van der Waals surface area contributed by atoms with Gasteiger partial charge in [-0.2, -0.15) is 4.58 Å². The van der Waals surface area contributed by atoms with Gasteiger partial charge in [-0.25, -0.2) is 14.4 Å². The first-order chi connectivity index (χ1) is 10.2. The van der Waals surface area contributed by atoms with Crippen molar-refractivity contribution in [3.05, 3.63) is 71.7 Å². The molecule has 0 aliphatic carbocycles. The van der Waals surface area contributed by atoms with Crippen molar-refractivity contribution in [2.45, 2.75) is 6.54 Å². The fourth-order valence-electron chi connectivity index (χ4n) is 2.10. The van der Waals surface area contributed by atoms with Crippen LogP contribution in [-0.4, -0.2) is 25.5 Å². The Morgan fingerprint density at radius 1 is 1.19 bits per heavy atom. The van der Waals surface area contributed by atoms with E-state index in [1.54, 1.807) is 47.3 Å². The van der Waals surface area contributed by atoms with E-state index < -0.39 is 5.24 Å². The average Bonchev–Trinajstić information content (AvgIpc) is 2.46. The number of carbonyl (C=O) groups is 1. The lowest BCUT2D eigenvalue weighted by Gasteiger charge is -2.14. The largest absolute Gasteiger partial charge is 0.316 e. The Kier molecular flexibility index (Phi) is 3.58. The van der Waals surface area contributed by atoms with Crippen LogP contribution in [0.5, 0.6) is 0 Å². The SMILES string of the molecule is O=C(Cl)C1=CC(c2ncccn2)=[N+]1Cc1ccccc1F. The van der Waals surface area contributed by atoms with Gasteiger partial charge in [0, 0.05) is 12.4 Å². The zero-order valence-electron chi connectivity index (χ0n) is 10.8. The van der Waals surface area contributed by atoms with Gasteiger partial charge in [-0.15, -0.1) is 0 Å². The molecular formula is C15H10ClFN3O+. The molecule has 0 atom stereocenters. The van der Waals surface area contributed by atoms with Crippen LogP contribution in [0, 0.1) is 5.82 Å². The van der Waals surface area contributed by atoms with Crippen LogP contribution in [-0.2, 0) is 11.3 Å². The van der Waals surface area contributed by atoms with E-state index >= 15 is 0 Å². The molecule has 1 aliphatic heterocycles. The van der Waals surface area contributed by atoms with Crippen molar-refractivity contribution >= 4 is 22.6 Å². The summed E-state index contributed by atoms with van der Waals surface area (Å²) < 4.78 is 15.4. The van der Waals surface area contributed by atoms with Gasteiger partial charge in [-0.3, -0.25) is 4.79 Å². The second-order valence-corrected chi connectivity index (χ2v) is 4.78. The summed E-state index contributed by atoms with van der Waals surface area (Å²) in [5, 5.41) is -0.592. The third-order valence-corrected chi connectivity index (χ3v) is 3.33. The summed E-state index contributed by atoms with van der Waals surface area (Å²) in [5.41, 5.74) is 1.42. The number of allylic oxidation sites excluding steroid dienone is 2. The average molecular weight is 303 g/mol. The maximum absolute atomic E-state index is 13.8. The Bertz CT molecular complexity index is 771. The summed E-state index contributed by atoms with van der Waals surface area (Å²) in [6.45, 7) is 0.199. The molecule has 1 aliphatic rings. The van der Waals surface area contributed by atoms with Crippen LogP contribution in [0.2, 0.25) is 0 Å². The van der Waals surface area contributed by atoms with E-state index in [1.165, 1.54) is 6.07 Å². The van der Waals surface area contributed by atoms with E-state index in [1.807, 2.05) is 0 Å². The third-order valence-electron chi connectivity index (χ3n) is 3.14. The molecule has 0 saturated carbocycles. The molecule has 0 spiro atoms. The number of hydrogen-bond acceptors (Lipinski definition) is 3. The third kappa shape index (κ3) is 2.60. The van der Waals surface area contributed by atoms with Crippen molar-refractivity contribution in [3.63, 3.8) is 0 Å². The monoisotopic (exact) mass is 302 g/mol. The van der Waals surface area contributed by atoms with Crippen LogP contribution in [0.25, 0.3) is 0 Å². The summed E-state index contributed by atoms with van der Waals surface area (Å²) >= 11 is 5.54. The van der Waals surface area contributed by atoms with E-state index in [0.717, 1.165) is 0 Å². The molecule has 0 N–H and O–H groups in total. The maximum atomic E-state index is 13.8. The highest BCUT2D eigenvalue weighted by molar-refractivity contribution is 6.67. The molecule has 0 bridgehead atoms. The molecule has 104 valence electrons.